The highest BCUT2D eigenvalue weighted by Crippen LogP contribution is 2.34. The van der Waals surface area contributed by atoms with Gasteiger partial charge in [0.25, 0.3) is 5.89 Å². The smallest absolute Gasteiger partial charge is 0.417 e. The lowest BCUT2D eigenvalue weighted by atomic mass is 10.2. The molecule has 31 heavy (non-hydrogen) atoms. The third kappa shape index (κ3) is 5.75. The molecule has 0 aliphatic heterocycles. The SMILES string of the molecule is CN(CCc1noc(COc2ccc(Cl)cc2)n1)S(=O)(=O)c1ccccc1C(F)(F)F. The van der Waals surface area contributed by atoms with E-state index in [9.17, 15) is 21.6 Å². The lowest BCUT2D eigenvalue weighted by Crippen LogP contribution is -2.31. The summed E-state index contributed by atoms with van der Waals surface area (Å²) >= 11 is 5.80. The Hall–Kier alpha value is -2.63. The summed E-state index contributed by atoms with van der Waals surface area (Å²) < 4.78 is 76.2. The molecule has 0 spiro atoms. The number of aromatic nitrogens is 2. The summed E-state index contributed by atoms with van der Waals surface area (Å²) in [4.78, 5) is 3.29. The summed E-state index contributed by atoms with van der Waals surface area (Å²) in [6.45, 7) is -0.159. The molecule has 166 valence electrons. The van der Waals surface area contributed by atoms with Gasteiger partial charge in [0, 0.05) is 25.0 Å². The largest absolute Gasteiger partial charge is 0.484 e. The molecule has 0 aliphatic carbocycles. The fourth-order valence-corrected chi connectivity index (χ4v) is 4.10. The van der Waals surface area contributed by atoms with Crippen LogP contribution >= 0.6 is 11.6 Å². The molecular formula is C19H17ClF3N3O4S. The third-order valence-corrected chi connectivity index (χ3v) is 6.38. The number of sulfonamides is 1. The van der Waals surface area contributed by atoms with Crippen LogP contribution in [0.3, 0.4) is 0 Å². The quantitative estimate of drug-likeness (QED) is 0.486. The summed E-state index contributed by atoms with van der Waals surface area (Å²) in [6, 6.07) is 10.7. The zero-order chi connectivity index (χ0) is 22.6. The first-order valence-electron chi connectivity index (χ1n) is 8.90. The van der Waals surface area contributed by atoms with Crippen molar-refractivity contribution in [2.75, 3.05) is 13.6 Å². The van der Waals surface area contributed by atoms with Gasteiger partial charge in [-0.25, -0.2) is 12.7 Å². The van der Waals surface area contributed by atoms with Crippen molar-refractivity contribution in [1.29, 1.82) is 0 Å². The third-order valence-electron chi connectivity index (χ3n) is 4.22. The van der Waals surface area contributed by atoms with Crippen LogP contribution in [0.15, 0.2) is 57.9 Å². The summed E-state index contributed by atoms with van der Waals surface area (Å²) in [5.74, 6) is 0.900. The highest BCUT2D eigenvalue weighted by molar-refractivity contribution is 7.89. The fourth-order valence-electron chi connectivity index (χ4n) is 2.60. The van der Waals surface area contributed by atoms with Crippen LogP contribution in [0.2, 0.25) is 5.02 Å². The van der Waals surface area contributed by atoms with Gasteiger partial charge in [0.05, 0.1) is 10.5 Å². The topological polar surface area (TPSA) is 85.5 Å². The molecule has 0 bridgehead atoms. The van der Waals surface area contributed by atoms with E-state index < -0.39 is 26.7 Å². The fraction of sp³-hybridized carbons (Fsp3) is 0.263. The second-order valence-electron chi connectivity index (χ2n) is 6.42. The Morgan fingerprint density at radius 1 is 1.13 bits per heavy atom. The number of hydrogen-bond acceptors (Lipinski definition) is 6. The standard InChI is InChI=1S/C19H17ClF3N3O4S/c1-26(31(27,28)16-5-3-2-4-15(16)19(21,22)23)11-10-17-24-18(30-25-17)12-29-14-8-6-13(20)7-9-14/h2-9H,10-12H2,1H3. The van der Waals surface area contributed by atoms with Crippen LogP contribution in [-0.2, 0) is 29.2 Å². The average Bonchev–Trinajstić information content (AvgIpc) is 3.19. The zero-order valence-electron chi connectivity index (χ0n) is 16.1. The molecule has 1 aromatic heterocycles. The Morgan fingerprint density at radius 2 is 1.81 bits per heavy atom. The van der Waals surface area contributed by atoms with Crippen LogP contribution in [-0.4, -0.2) is 36.5 Å². The molecule has 0 amide bonds. The van der Waals surface area contributed by atoms with E-state index >= 15 is 0 Å². The summed E-state index contributed by atoms with van der Waals surface area (Å²) in [6.07, 6.45) is -4.76. The van der Waals surface area contributed by atoms with E-state index in [0.29, 0.717) is 10.8 Å². The molecule has 0 radical (unpaired) electrons. The van der Waals surface area contributed by atoms with Gasteiger partial charge in [0.2, 0.25) is 10.0 Å². The van der Waals surface area contributed by atoms with Gasteiger partial charge < -0.3 is 9.26 Å². The molecule has 0 atom stereocenters. The van der Waals surface area contributed by atoms with Crippen molar-refractivity contribution < 1.29 is 30.8 Å². The van der Waals surface area contributed by atoms with Gasteiger partial charge in [-0.3, -0.25) is 0 Å². The second kappa shape index (κ2) is 9.25. The van der Waals surface area contributed by atoms with Crippen LogP contribution in [0.4, 0.5) is 13.2 Å². The van der Waals surface area contributed by atoms with E-state index in [1.54, 1.807) is 24.3 Å². The second-order valence-corrected chi connectivity index (χ2v) is 8.87. The van der Waals surface area contributed by atoms with Crippen LogP contribution in [0, 0.1) is 0 Å². The first kappa shape index (κ1) is 23.0. The summed E-state index contributed by atoms with van der Waals surface area (Å²) in [7, 11) is -3.19. The lowest BCUT2D eigenvalue weighted by molar-refractivity contribution is -0.139. The Morgan fingerprint density at radius 3 is 2.48 bits per heavy atom. The number of rotatable bonds is 8. The highest BCUT2D eigenvalue weighted by Gasteiger charge is 2.38. The first-order valence-corrected chi connectivity index (χ1v) is 10.7. The summed E-state index contributed by atoms with van der Waals surface area (Å²) in [5.41, 5.74) is -1.22. The molecule has 2 aromatic carbocycles. The average molecular weight is 476 g/mol. The molecule has 3 rings (SSSR count). The number of halogens is 4. The first-order chi connectivity index (χ1) is 14.6. The van der Waals surface area contributed by atoms with Crippen LogP contribution in [0.1, 0.15) is 17.3 Å². The maximum atomic E-state index is 13.2. The van der Waals surface area contributed by atoms with E-state index in [1.807, 2.05) is 0 Å². The molecule has 7 nitrogen and oxygen atoms in total. The lowest BCUT2D eigenvalue weighted by Gasteiger charge is -2.19. The molecule has 0 N–H and O–H groups in total. The molecule has 0 saturated carbocycles. The van der Waals surface area contributed by atoms with Gasteiger partial charge in [0.1, 0.15) is 5.75 Å². The van der Waals surface area contributed by atoms with Gasteiger partial charge in [0.15, 0.2) is 12.4 Å². The highest BCUT2D eigenvalue weighted by atomic mass is 35.5. The van der Waals surface area contributed by atoms with Crippen LogP contribution < -0.4 is 4.74 Å². The van der Waals surface area contributed by atoms with Crippen molar-refractivity contribution in [2.24, 2.45) is 0 Å². The minimum atomic E-state index is -4.79. The van der Waals surface area contributed by atoms with Crippen molar-refractivity contribution in [2.45, 2.75) is 24.1 Å². The molecule has 0 fully saturated rings. The number of alkyl halides is 3. The van der Waals surface area contributed by atoms with Gasteiger partial charge >= 0.3 is 6.18 Å². The Kier molecular flexibility index (Phi) is 6.87. The van der Waals surface area contributed by atoms with E-state index in [1.165, 1.54) is 13.1 Å². The van der Waals surface area contributed by atoms with Crippen molar-refractivity contribution >= 4 is 21.6 Å². The van der Waals surface area contributed by atoms with E-state index in [0.717, 1.165) is 22.5 Å². The number of benzene rings is 2. The van der Waals surface area contributed by atoms with E-state index in [4.69, 9.17) is 20.9 Å². The normalized spacial score (nSPS) is 12.3. The monoisotopic (exact) mass is 475 g/mol. The Balaban J connectivity index is 1.62. The Bertz CT molecular complexity index is 1130. The van der Waals surface area contributed by atoms with Crippen molar-refractivity contribution in [1.82, 2.24) is 14.4 Å². The maximum absolute atomic E-state index is 13.2. The number of ether oxygens (including phenoxy) is 1. The molecule has 1 heterocycles. The Labute approximate surface area is 181 Å². The molecule has 3 aromatic rings. The predicted octanol–water partition coefficient (Wildman–Crippen LogP) is 4.18. The molecule has 0 saturated heterocycles. The van der Waals surface area contributed by atoms with Crippen molar-refractivity contribution in [3.63, 3.8) is 0 Å². The minimum Gasteiger partial charge on any atom is -0.484 e. The molecule has 0 unspecified atom stereocenters. The van der Waals surface area contributed by atoms with Crippen LogP contribution in [0.25, 0.3) is 0 Å². The van der Waals surface area contributed by atoms with Crippen LogP contribution in [0.5, 0.6) is 5.75 Å². The van der Waals surface area contributed by atoms with E-state index in [-0.39, 0.29) is 31.3 Å². The summed E-state index contributed by atoms with van der Waals surface area (Å²) in [5, 5.41) is 4.30. The molecular weight excluding hydrogens is 459 g/mol. The van der Waals surface area contributed by atoms with Gasteiger partial charge in [-0.05, 0) is 36.4 Å². The maximum Gasteiger partial charge on any atom is 0.417 e. The molecule has 0 aliphatic rings. The predicted molar refractivity (Wildman–Crippen MR) is 105 cm³/mol. The number of hydrogen-bond donors (Lipinski definition) is 0. The van der Waals surface area contributed by atoms with Gasteiger partial charge in [-0.15, -0.1) is 0 Å². The number of nitrogens with zero attached hydrogens (tertiary/aromatic N) is 3. The van der Waals surface area contributed by atoms with Gasteiger partial charge in [-0.2, -0.15) is 18.2 Å². The van der Waals surface area contributed by atoms with Crippen molar-refractivity contribution in [3.05, 3.63) is 70.8 Å². The minimum absolute atomic E-state index is 0.0122. The van der Waals surface area contributed by atoms with Crippen molar-refractivity contribution in [3.8, 4) is 5.75 Å². The van der Waals surface area contributed by atoms with Gasteiger partial charge in [-0.1, -0.05) is 28.9 Å². The number of likely N-dealkylation sites (N-methyl/N-ethyl adjacent to an activating group) is 1. The van der Waals surface area contributed by atoms with E-state index in [2.05, 4.69) is 10.1 Å². The molecule has 12 heteroatoms. The zero-order valence-corrected chi connectivity index (χ0v) is 17.7.